The maximum atomic E-state index is 12.6. The number of nitrogens with one attached hydrogen (secondary N) is 1. The summed E-state index contributed by atoms with van der Waals surface area (Å²) in [5.41, 5.74) is 0. The molecule has 0 aromatic carbocycles. The van der Waals surface area contributed by atoms with E-state index in [0.29, 0.717) is 56.6 Å². The summed E-state index contributed by atoms with van der Waals surface area (Å²) in [7, 11) is -3.43. The minimum Gasteiger partial charge on any atom is -0.352 e. The summed E-state index contributed by atoms with van der Waals surface area (Å²) in [6.07, 6.45) is 3.65. The fourth-order valence-corrected chi connectivity index (χ4v) is 6.53. The number of sulfonamides is 1. The van der Waals surface area contributed by atoms with Gasteiger partial charge < -0.3 is 10.2 Å². The van der Waals surface area contributed by atoms with Crippen LogP contribution < -0.4 is 5.32 Å². The Hall–Kier alpha value is -1.75. The fourth-order valence-electron chi connectivity index (χ4n) is 3.51. The lowest BCUT2D eigenvalue weighted by molar-refractivity contribution is -0.132. The number of thiophene rings is 1. The average molecular weight is 441 g/mol. The van der Waals surface area contributed by atoms with Crippen LogP contribution in [0.4, 0.5) is 0 Å². The Labute approximate surface area is 176 Å². The number of hydrogen-bond acceptors (Lipinski definition) is 6. The molecule has 2 fully saturated rings. The van der Waals surface area contributed by atoms with Gasteiger partial charge in [-0.3, -0.25) is 14.5 Å². The van der Waals surface area contributed by atoms with Crippen molar-refractivity contribution in [3.05, 3.63) is 29.7 Å². The molecule has 0 aliphatic carbocycles. The molecule has 0 spiro atoms. The summed E-state index contributed by atoms with van der Waals surface area (Å²) in [5.74, 6) is -0.0530. The molecule has 1 aromatic heterocycles. The third kappa shape index (κ3) is 5.65. The monoisotopic (exact) mass is 440 g/mol. The maximum absolute atomic E-state index is 12.6. The number of nitrogens with zero attached hydrogens (tertiary/aromatic N) is 3. The van der Waals surface area contributed by atoms with Crippen LogP contribution in [0.3, 0.4) is 0 Å². The Balaban J connectivity index is 1.48. The van der Waals surface area contributed by atoms with E-state index in [-0.39, 0.29) is 18.2 Å². The molecular weight excluding hydrogens is 412 g/mol. The molecule has 2 amide bonds. The minimum absolute atomic E-state index is 0.00673. The summed E-state index contributed by atoms with van der Waals surface area (Å²) >= 11 is 1.19. The molecule has 3 rings (SSSR count). The molecule has 29 heavy (non-hydrogen) atoms. The zero-order valence-corrected chi connectivity index (χ0v) is 18.1. The normalized spacial score (nSPS) is 18.7. The van der Waals surface area contributed by atoms with Crippen molar-refractivity contribution in [2.75, 3.05) is 52.4 Å². The fraction of sp³-hybridized carbons (Fsp3) is 0.579. The lowest BCUT2D eigenvalue weighted by Gasteiger charge is -2.34. The van der Waals surface area contributed by atoms with Gasteiger partial charge in [-0.25, -0.2) is 8.42 Å². The molecule has 2 aliphatic heterocycles. The Kier molecular flexibility index (Phi) is 7.44. The summed E-state index contributed by atoms with van der Waals surface area (Å²) in [5, 5.41) is 2.75. The van der Waals surface area contributed by atoms with E-state index in [4.69, 9.17) is 0 Å². The smallest absolute Gasteiger partial charge is 0.252 e. The molecule has 10 heteroatoms. The molecule has 2 saturated heterocycles. The molecule has 0 saturated carbocycles. The molecular formula is C19H28N4O4S2. The Bertz CT molecular complexity index is 838. The van der Waals surface area contributed by atoms with Crippen molar-refractivity contribution in [2.45, 2.75) is 23.5 Å². The van der Waals surface area contributed by atoms with Crippen molar-refractivity contribution < 1.29 is 18.0 Å². The number of piperazine rings is 1. The van der Waals surface area contributed by atoms with E-state index >= 15 is 0 Å². The highest BCUT2D eigenvalue weighted by Gasteiger charge is 2.29. The number of amides is 2. The SMILES string of the molecule is C=CCNC(=O)CN1CCN(C(=O)Cc2ccc(S(=O)(=O)N3CCCC3)s2)CC1. The van der Waals surface area contributed by atoms with E-state index in [0.717, 1.165) is 17.7 Å². The van der Waals surface area contributed by atoms with Crippen molar-refractivity contribution in [1.29, 1.82) is 0 Å². The van der Waals surface area contributed by atoms with Crippen LogP contribution in [0.2, 0.25) is 0 Å². The van der Waals surface area contributed by atoms with Crippen LogP contribution in [-0.4, -0.2) is 86.7 Å². The highest BCUT2D eigenvalue weighted by Crippen LogP contribution is 2.27. The van der Waals surface area contributed by atoms with Gasteiger partial charge in [0.25, 0.3) is 10.0 Å². The van der Waals surface area contributed by atoms with Gasteiger partial charge in [0.2, 0.25) is 11.8 Å². The van der Waals surface area contributed by atoms with Crippen LogP contribution in [0, 0.1) is 0 Å². The van der Waals surface area contributed by atoms with Crippen molar-refractivity contribution >= 4 is 33.2 Å². The average Bonchev–Trinajstić information content (AvgIpc) is 3.39. The first-order valence-electron chi connectivity index (χ1n) is 9.87. The Morgan fingerprint density at radius 3 is 2.45 bits per heavy atom. The second kappa shape index (κ2) is 9.84. The van der Waals surface area contributed by atoms with Crippen LogP contribution in [0.25, 0.3) is 0 Å². The second-order valence-electron chi connectivity index (χ2n) is 7.26. The molecule has 0 atom stereocenters. The van der Waals surface area contributed by atoms with Gasteiger partial charge >= 0.3 is 0 Å². The summed E-state index contributed by atoms with van der Waals surface area (Å²) in [6, 6.07) is 3.35. The van der Waals surface area contributed by atoms with Crippen molar-refractivity contribution in [1.82, 2.24) is 19.4 Å². The summed E-state index contributed by atoms with van der Waals surface area (Å²) in [4.78, 5) is 29.0. The van der Waals surface area contributed by atoms with Gasteiger partial charge in [0.15, 0.2) is 0 Å². The number of carbonyl (C=O) groups excluding carboxylic acids is 2. The third-order valence-corrected chi connectivity index (χ3v) is 8.61. The van der Waals surface area contributed by atoms with Crippen LogP contribution in [0.15, 0.2) is 29.0 Å². The molecule has 1 N–H and O–H groups in total. The molecule has 0 unspecified atom stereocenters. The van der Waals surface area contributed by atoms with Gasteiger partial charge in [-0.15, -0.1) is 17.9 Å². The van der Waals surface area contributed by atoms with Gasteiger partial charge in [-0.05, 0) is 25.0 Å². The maximum Gasteiger partial charge on any atom is 0.252 e. The third-order valence-electron chi connectivity index (χ3n) is 5.16. The van der Waals surface area contributed by atoms with E-state index in [1.165, 1.54) is 15.6 Å². The number of carbonyl (C=O) groups is 2. The zero-order valence-electron chi connectivity index (χ0n) is 16.5. The first kappa shape index (κ1) is 21.9. The molecule has 1 aromatic rings. The van der Waals surface area contributed by atoms with Gasteiger partial charge in [0.1, 0.15) is 4.21 Å². The van der Waals surface area contributed by atoms with Gasteiger partial charge in [0, 0.05) is 50.7 Å². The molecule has 3 heterocycles. The standard InChI is InChI=1S/C19H28N4O4S2/c1-2-7-20-17(24)15-21-10-12-22(13-11-21)18(25)14-16-5-6-19(28-16)29(26,27)23-8-3-4-9-23/h2,5-6H,1,3-4,7-15H2,(H,20,24). The minimum atomic E-state index is -3.43. The zero-order chi connectivity index (χ0) is 20.9. The predicted octanol–water partition coefficient (Wildman–Crippen LogP) is 0.522. The molecule has 0 bridgehead atoms. The predicted molar refractivity (Wildman–Crippen MR) is 112 cm³/mol. The van der Waals surface area contributed by atoms with Crippen molar-refractivity contribution in [3.63, 3.8) is 0 Å². The van der Waals surface area contributed by atoms with Crippen LogP contribution in [-0.2, 0) is 26.0 Å². The quantitative estimate of drug-likeness (QED) is 0.596. The van der Waals surface area contributed by atoms with E-state index in [1.807, 2.05) is 4.90 Å². The lowest BCUT2D eigenvalue weighted by Crippen LogP contribution is -2.51. The topological polar surface area (TPSA) is 90.0 Å². The van der Waals surface area contributed by atoms with Gasteiger partial charge in [-0.2, -0.15) is 4.31 Å². The van der Waals surface area contributed by atoms with Crippen LogP contribution in [0.5, 0.6) is 0 Å². The summed E-state index contributed by atoms with van der Waals surface area (Å²) in [6.45, 7) is 7.91. The number of hydrogen-bond donors (Lipinski definition) is 1. The highest BCUT2D eigenvalue weighted by molar-refractivity contribution is 7.91. The highest BCUT2D eigenvalue weighted by atomic mass is 32.2. The lowest BCUT2D eigenvalue weighted by atomic mass is 10.2. The largest absolute Gasteiger partial charge is 0.352 e. The molecule has 0 radical (unpaired) electrons. The summed E-state index contributed by atoms with van der Waals surface area (Å²) < 4.78 is 27.1. The van der Waals surface area contributed by atoms with Crippen LogP contribution >= 0.6 is 11.3 Å². The van der Waals surface area contributed by atoms with Gasteiger partial charge in [0.05, 0.1) is 13.0 Å². The van der Waals surface area contributed by atoms with E-state index in [2.05, 4.69) is 11.9 Å². The van der Waals surface area contributed by atoms with Crippen molar-refractivity contribution in [2.24, 2.45) is 0 Å². The van der Waals surface area contributed by atoms with Crippen molar-refractivity contribution in [3.8, 4) is 0 Å². The first-order valence-corrected chi connectivity index (χ1v) is 12.1. The van der Waals surface area contributed by atoms with E-state index < -0.39 is 10.0 Å². The Morgan fingerprint density at radius 1 is 1.10 bits per heavy atom. The Morgan fingerprint density at radius 2 is 1.79 bits per heavy atom. The van der Waals surface area contributed by atoms with E-state index in [1.54, 1.807) is 23.1 Å². The molecule has 2 aliphatic rings. The molecule has 160 valence electrons. The second-order valence-corrected chi connectivity index (χ2v) is 10.6. The molecule has 8 nitrogen and oxygen atoms in total. The van der Waals surface area contributed by atoms with Gasteiger partial charge in [-0.1, -0.05) is 6.08 Å². The van der Waals surface area contributed by atoms with E-state index in [9.17, 15) is 18.0 Å². The van der Waals surface area contributed by atoms with Crippen LogP contribution in [0.1, 0.15) is 17.7 Å². The first-order chi connectivity index (χ1) is 13.9. The number of rotatable bonds is 8.